The summed E-state index contributed by atoms with van der Waals surface area (Å²) in [6.07, 6.45) is 0.371. The number of carbonyl (C=O) groups is 2. The number of ether oxygens (including phenoxy) is 1. The summed E-state index contributed by atoms with van der Waals surface area (Å²) in [5.74, 6) is -0.631. The van der Waals surface area contributed by atoms with E-state index in [9.17, 15) is 18.0 Å². The van der Waals surface area contributed by atoms with Crippen LogP contribution in [0.5, 0.6) is 5.75 Å². The molecule has 0 aromatic heterocycles. The molecule has 10 heteroatoms. The lowest BCUT2D eigenvalue weighted by Gasteiger charge is -2.22. The van der Waals surface area contributed by atoms with E-state index < -0.39 is 22.5 Å². The first-order chi connectivity index (χ1) is 19.2. The topological polar surface area (TPSA) is 92.8 Å². The quantitative estimate of drug-likeness (QED) is 0.211. The molecule has 0 aliphatic carbocycles. The molecule has 0 unspecified atom stereocenters. The van der Waals surface area contributed by atoms with Crippen molar-refractivity contribution in [2.75, 3.05) is 25.5 Å². The smallest absolute Gasteiger partial charge is 0.243 e. The number of halogens is 2. The van der Waals surface area contributed by atoms with Crippen LogP contribution in [0.4, 0.5) is 5.69 Å². The number of nitrogens with zero attached hydrogens (tertiary/aromatic N) is 1. The van der Waals surface area contributed by atoms with Gasteiger partial charge in [-0.2, -0.15) is 4.31 Å². The van der Waals surface area contributed by atoms with Crippen molar-refractivity contribution in [2.45, 2.75) is 11.3 Å². The Balaban J connectivity index is 1.61. The third-order valence-corrected chi connectivity index (χ3v) is 8.48. The van der Waals surface area contributed by atoms with Crippen molar-refractivity contribution in [3.05, 3.63) is 124 Å². The lowest BCUT2D eigenvalue weighted by atomic mass is 10.0. The van der Waals surface area contributed by atoms with E-state index in [4.69, 9.17) is 27.9 Å². The highest BCUT2D eigenvalue weighted by molar-refractivity contribution is 7.89. The van der Waals surface area contributed by atoms with Crippen LogP contribution in [-0.2, 0) is 21.2 Å². The summed E-state index contributed by atoms with van der Waals surface area (Å²) in [5.41, 5.74) is 1.73. The van der Waals surface area contributed by atoms with Gasteiger partial charge in [0.15, 0.2) is 5.78 Å². The number of ketones is 1. The number of amides is 1. The van der Waals surface area contributed by atoms with Gasteiger partial charge in [0.1, 0.15) is 5.75 Å². The number of methoxy groups -OCH3 is 1. The van der Waals surface area contributed by atoms with Gasteiger partial charge >= 0.3 is 0 Å². The standard InChI is InChI=1S/C30H26Cl2N2O5S/c1-39-28-15-13-24(19-26(28)32)40(37,38)34(17-16-21-8-4-2-5-9-21)20-29(35)33-27-14-12-23(31)18-25(27)30(36)22-10-6-3-7-11-22/h2-15,18-19H,16-17,20H2,1H3,(H,33,35). The maximum atomic E-state index is 13.7. The molecule has 0 radical (unpaired) electrons. The Hall–Kier alpha value is -3.69. The zero-order valence-corrected chi connectivity index (χ0v) is 23.8. The molecule has 7 nitrogen and oxygen atoms in total. The van der Waals surface area contributed by atoms with Crippen LogP contribution in [0.25, 0.3) is 0 Å². The van der Waals surface area contributed by atoms with E-state index >= 15 is 0 Å². The summed E-state index contributed by atoms with van der Waals surface area (Å²) < 4.78 is 33.6. The van der Waals surface area contributed by atoms with Gasteiger partial charge in [-0.25, -0.2) is 8.42 Å². The lowest BCUT2D eigenvalue weighted by molar-refractivity contribution is -0.116. The molecule has 0 aliphatic rings. The summed E-state index contributed by atoms with van der Waals surface area (Å²) in [5, 5.41) is 3.15. The fourth-order valence-corrected chi connectivity index (χ4v) is 5.97. The highest BCUT2D eigenvalue weighted by Gasteiger charge is 2.28. The minimum atomic E-state index is -4.14. The average molecular weight is 598 g/mol. The Kier molecular flexibility index (Phi) is 9.60. The first kappa shape index (κ1) is 29.3. The minimum Gasteiger partial charge on any atom is -0.495 e. The molecule has 1 N–H and O–H groups in total. The monoisotopic (exact) mass is 596 g/mol. The van der Waals surface area contributed by atoms with Gasteiger partial charge in [0.2, 0.25) is 15.9 Å². The van der Waals surface area contributed by atoms with Crippen LogP contribution in [0.1, 0.15) is 21.5 Å². The maximum absolute atomic E-state index is 13.7. The highest BCUT2D eigenvalue weighted by Crippen LogP contribution is 2.29. The normalized spacial score (nSPS) is 11.3. The molecule has 4 aromatic carbocycles. The number of hydrogen-bond acceptors (Lipinski definition) is 5. The van der Waals surface area contributed by atoms with E-state index in [2.05, 4.69) is 5.32 Å². The molecule has 0 bridgehead atoms. The summed E-state index contributed by atoms with van der Waals surface area (Å²) >= 11 is 12.4. The molecular weight excluding hydrogens is 571 g/mol. The Labute approximate surface area is 243 Å². The number of anilines is 1. The van der Waals surface area contributed by atoms with Gasteiger partial charge in [-0.15, -0.1) is 0 Å². The van der Waals surface area contributed by atoms with Crippen LogP contribution in [0.3, 0.4) is 0 Å². The second-order valence-corrected chi connectivity index (χ2v) is 11.6. The molecule has 1 amide bonds. The Morgan fingerprint density at radius 3 is 2.20 bits per heavy atom. The number of sulfonamides is 1. The number of rotatable bonds is 11. The van der Waals surface area contributed by atoms with Crippen LogP contribution >= 0.6 is 23.2 Å². The van der Waals surface area contributed by atoms with Crippen molar-refractivity contribution in [1.82, 2.24) is 4.31 Å². The van der Waals surface area contributed by atoms with E-state index in [1.165, 1.54) is 37.4 Å². The van der Waals surface area contributed by atoms with Crippen LogP contribution in [-0.4, -0.2) is 44.6 Å². The molecule has 0 heterocycles. The molecule has 206 valence electrons. The second kappa shape index (κ2) is 13.1. The summed E-state index contributed by atoms with van der Waals surface area (Å²) in [6, 6.07) is 26.6. The van der Waals surface area contributed by atoms with Crippen molar-refractivity contribution >= 4 is 50.6 Å². The van der Waals surface area contributed by atoms with Gasteiger partial charge in [0.05, 0.1) is 29.3 Å². The zero-order chi connectivity index (χ0) is 28.7. The van der Waals surface area contributed by atoms with Gasteiger partial charge in [-0.3, -0.25) is 9.59 Å². The molecule has 4 aromatic rings. The van der Waals surface area contributed by atoms with Crippen molar-refractivity contribution in [1.29, 1.82) is 0 Å². The number of hydrogen-bond donors (Lipinski definition) is 1. The average Bonchev–Trinajstić information content (AvgIpc) is 2.96. The van der Waals surface area contributed by atoms with Crippen molar-refractivity contribution < 1.29 is 22.7 Å². The van der Waals surface area contributed by atoms with Gasteiger partial charge in [0.25, 0.3) is 0 Å². The van der Waals surface area contributed by atoms with E-state index in [1.807, 2.05) is 30.3 Å². The second-order valence-electron chi connectivity index (χ2n) is 8.80. The van der Waals surface area contributed by atoms with Gasteiger partial charge in [0, 0.05) is 22.7 Å². The van der Waals surface area contributed by atoms with Crippen molar-refractivity contribution in [3.63, 3.8) is 0 Å². The SMILES string of the molecule is COc1ccc(S(=O)(=O)N(CCc2ccccc2)CC(=O)Nc2ccc(Cl)cc2C(=O)c2ccccc2)cc1Cl. The Morgan fingerprint density at radius 1 is 0.875 bits per heavy atom. The van der Waals surface area contributed by atoms with Crippen LogP contribution in [0, 0.1) is 0 Å². The molecule has 0 aliphatic heterocycles. The predicted octanol–water partition coefficient (Wildman–Crippen LogP) is 6.11. The molecule has 0 saturated carbocycles. The van der Waals surface area contributed by atoms with Crippen molar-refractivity contribution in [2.24, 2.45) is 0 Å². The molecule has 40 heavy (non-hydrogen) atoms. The third-order valence-electron chi connectivity index (χ3n) is 6.11. The Morgan fingerprint density at radius 2 is 1.55 bits per heavy atom. The van der Waals surface area contributed by atoms with Gasteiger partial charge in [-0.1, -0.05) is 83.9 Å². The molecule has 4 rings (SSSR count). The number of benzene rings is 4. The number of carbonyl (C=O) groups excluding carboxylic acids is 2. The number of nitrogens with one attached hydrogen (secondary N) is 1. The molecule has 0 saturated heterocycles. The van der Waals surface area contributed by atoms with Gasteiger partial charge in [-0.05, 0) is 48.4 Å². The van der Waals surface area contributed by atoms with Crippen LogP contribution in [0.2, 0.25) is 10.0 Å². The molecule has 0 spiro atoms. The van der Waals surface area contributed by atoms with E-state index in [1.54, 1.807) is 36.4 Å². The van der Waals surface area contributed by atoms with Gasteiger partial charge < -0.3 is 10.1 Å². The van der Waals surface area contributed by atoms with Crippen LogP contribution < -0.4 is 10.1 Å². The fourth-order valence-electron chi connectivity index (χ4n) is 4.05. The zero-order valence-electron chi connectivity index (χ0n) is 21.5. The van der Waals surface area contributed by atoms with E-state index in [-0.39, 0.29) is 33.5 Å². The predicted molar refractivity (Wildman–Crippen MR) is 157 cm³/mol. The summed E-state index contributed by atoms with van der Waals surface area (Å²) in [7, 11) is -2.71. The molecular formula is C30H26Cl2N2O5S. The summed E-state index contributed by atoms with van der Waals surface area (Å²) in [6.45, 7) is -0.472. The largest absolute Gasteiger partial charge is 0.495 e. The fraction of sp³-hybridized carbons (Fsp3) is 0.133. The Bertz CT molecular complexity index is 1610. The van der Waals surface area contributed by atoms with Crippen LogP contribution in [0.15, 0.2) is 102 Å². The van der Waals surface area contributed by atoms with Crippen molar-refractivity contribution in [3.8, 4) is 5.75 Å². The summed E-state index contributed by atoms with van der Waals surface area (Å²) in [4.78, 5) is 26.4. The third kappa shape index (κ3) is 7.08. The molecule has 0 atom stereocenters. The molecule has 0 fully saturated rings. The minimum absolute atomic E-state index is 0.0276. The van der Waals surface area contributed by atoms with E-state index in [0.717, 1.165) is 9.87 Å². The lowest BCUT2D eigenvalue weighted by Crippen LogP contribution is -2.39. The first-order valence-electron chi connectivity index (χ1n) is 12.3. The maximum Gasteiger partial charge on any atom is 0.243 e. The van der Waals surface area contributed by atoms with E-state index in [0.29, 0.717) is 22.8 Å². The highest BCUT2D eigenvalue weighted by atomic mass is 35.5. The first-order valence-corrected chi connectivity index (χ1v) is 14.5.